The number of aliphatic hydroxyl groups is 2. The van der Waals surface area contributed by atoms with Crippen molar-refractivity contribution in [2.45, 2.75) is 211 Å². The predicted octanol–water partition coefficient (Wildman–Crippen LogP) is 12.3. The molecule has 5 nitrogen and oxygen atoms in total. The van der Waals surface area contributed by atoms with E-state index in [1.807, 2.05) is 13.8 Å². The Kier molecular flexibility index (Phi) is 28.2. The molecule has 0 aromatic rings. The molecule has 2 N–H and O–H groups in total. The van der Waals surface area contributed by atoms with E-state index in [9.17, 15) is 10.2 Å². The molecule has 0 spiro atoms. The summed E-state index contributed by atoms with van der Waals surface area (Å²) in [5.41, 5.74) is 0. The van der Waals surface area contributed by atoms with E-state index in [1.54, 1.807) is 14.2 Å². The van der Waals surface area contributed by atoms with Crippen LogP contribution in [0.4, 0.5) is 0 Å². The molecule has 0 heterocycles. The van der Waals surface area contributed by atoms with Crippen molar-refractivity contribution < 1.29 is 24.4 Å². The lowest BCUT2D eigenvalue weighted by Crippen LogP contribution is -2.25. The van der Waals surface area contributed by atoms with Gasteiger partial charge >= 0.3 is 0 Å². The van der Waals surface area contributed by atoms with E-state index in [0.717, 1.165) is 74.0 Å². The van der Waals surface area contributed by atoms with Crippen LogP contribution in [0.25, 0.3) is 0 Å². The summed E-state index contributed by atoms with van der Waals surface area (Å²) in [4.78, 5) is 0. The number of ether oxygens (including phenoxy) is 3. The Hall–Kier alpha value is -0.200. The monoisotopic (exact) mass is 699 g/mol. The summed E-state index contributed by atoms with van der Waals surface area (Å²) in [6.45, 7) is 27.7. The molecular weight excluding hydrogens is 608 g/mol. The summed E-state index contributed by atoms with van der Waals surface area (Å²) in [5, 5.41) is 19.4. The molecule has 0 aliphatic carbocycles. The van der Waals surface area contributed by atoms with Crippen LogP contribution in [-0.2, 0) is 14.2 Å². The standard InChI is InChI=1S/C44H90O5/c1-31(21-33(3)23-35(5)25-37(7)27-39(9)29-41(11)45)17-15-19-43(47-13)49-44(48-14)20-16-18-32(2)22-34(4)24-36(6)26-38(8)28-40(10)30-42(12)46/h31-46H,15-30H2,1-14H3. The van der Waals surface area contributed by atoms with Crippen molar-refractivity contribution in [2.24, 2.45) is 59.2 Å². The number of hydrogen-bond donors (Lipinski definition) is 2. The highest BCUT2D eigenvalue weighted by Crippen LogP contribution is 2.31. The molecule has 0 saturated carbocycles. The SMILES string of the molecule is COC(CCCC(C)CC(C)CC(C)CC(C)CC(C)CC(C)O)OC(CCCC(C)CC(C)CC(C)CC(C)CC(C)CC(C)O)OC. The second-order valence-corrected chi connectivity index (χ2v) is 18.4. The van der Waals surface area contributed by atoms with E-state index >= 15 is 0 Å². The highest BCUT2D eigenvalue weighted by Gasteiger charge is 2.21. The molecule has 0 radical (unpaired) electrons. The smallest absolute Gasteiger partial charge is 0.160 e. The normalized spacial score (nSPS) is 21.1. The van der Waals surface area contributed by atoms with Gasteiger partial charge < -0.3 is 24.4 Å². The zero-order valence-corrected chi connectivity index (χ0v) is 35.5. The second-order valence-electron chi connectivity index (χ2n) is 18.4. The van der Waals surface area contributed by atoms with E-state index in [0.29, 0.717) is 23.7 Å². The van der Waals surface area contributed by atoms with Gasteiger partial charge in [0.25, 0.3) is 0 Å². The Morgan fingerprint density at radius 2 is 0.551 bits per heavy atom. The largest absolute Gasteiger partial charge is 0.393 e. The molecule has 5 heteroatoms. The van der Waals surface area contributed by atoms with Crippen LogP contribution in [0.2, 0.25) is 0 Å². The van der Waals surface area contributed by atoms with Gasteiger partial charge in [0.05, 0.1) is 12.2 Å². The lowest BCUT2D eigenvalue weighted by molar-refractivity contribution is -0.233. The minimum atomic E-state index is -0.205. The number of aliphatic hydroxyl groups excluding tert-OH is 2. The van der Waals surface area contributed by atoms with Crippen LogP contribution in [0.1, 0.15) is 186 Å². The zero-order chi connectivity index (χ0) is 37.5. The van der Waals surface area contributed by atoms with Gasteiger partial charge in [0.2, 0.25) is 0 Å². The van der Waals surface area contributed by atoms with Crippen molar-refractivity contribution >= 4 is 0 Å². The van der Waals surface area contributed by atoms with Crippen LogP contribution in [0.3, 0.4) is 0 Å². The van der Waals surface area contributed by atoms with Crippen LogP contribution in [-0.4, -0.2) is 49.2 Å². The Balaban J connectivity index is 4.33. The highest BCUT2D eigenvalue weighted by molar-refractivity contribution is 4.71. The second kappa shape index (κ2) is 28.3. The van der Waals surface area contributed by atoms with E-state index in [4.69, 9.17) is 14.2 Å². The lowest BCUT2D eigenvalue weighted by atomic mass is 9.82. The molecule has 0 saturated heterocycles. The molecule has 0 rings (SSSR count). The summed E-state index contributed by atoms with van der Waals surface area (Å²) in [6, 6.07) is 0. The van der Waals surface area contributed by atoms with Gasteiger partial charge in [-0.25, -0.2) is 0 Å². The summed E-state index contributed by atoms with van der Waals surface area (Å²) >= 11 is 0. The highest BCUT2D eigenvalue weighted by atomic mass is 16.8. The third kappa shape index (κ3) is 28.0. The van der Waals surface area contributed by atoms with Crippen LogP contribution in [0.15, 0.2) is 0 Å². The van der Waals surface area contributed by atoms with Crippen molar-refractivity contribution in [1.82, 2.24) is 0 Å². The molecule has 14 unspecified atom stereocenters. The Morgan fingerprint density at radius 3 is 0.776 bits per heavy atom. The maximum absolute atomic E-state index is 9.68. The number of rotatable bonds is 32. The van der Waals surface area contributed by atoms with Gasteiger partial charge in [-0.1, -0.05) is 82.1 Å². The van der Waals surface area contributed by atoms with E-state index in [1.165, 1.54) is 64.2 Å². The van der Waals surface area contributed by atoms with Crippen LogP contribution >= 0.6 is 0 Å². The number of methoxy groups -OCH3 is 2. The topological polar surface area (TPSA) is 68.2 Å². The Morgan fingerprint density at radius 1 is 0.327 bits per heavy atom. The molecular formula is C44H90O5. The van der Waals surface area contributed by atoms with Gasteiger partial charge in [0, 0.05) is 14.2 Å². The molecule has 0 aromatic carbocycles. The van der Waals surface area contributed by atoms with E-state index < -0.39 is 0 Å². The molecule has 49 heavy (non-hydrogen) atoms. The minimum absolute atomic E-state index is 0.187. The third-order valence-corrected chi connectivity index (χ3v) is 11.0. The van der Waals surface area contributed by atoms with Crippen molar-refractivity contribution in [2.75, 3.05) is 14.2 Å². The average Bonchev–Trinajstić information content (AvgIpc) is 2.93. The van der Waals surface area contributed by atoms with Crippen molar-refractivity contribution in [3.63, 3.8) is 0 Å². The minimum Gasteiger partial charge on any atom is -0.393 e. The van der Waals surface area contributed by atoms with Crippen LogP contribution in [0, 0.1) is 59.2 Å². The Labute approximate surface area is 307 Å². The molecule has 0 aliphatic heterocycles. The van der Waals surface area contributed by atoms with Crippen molar-refractivity contribution in [1.29, 1.82) is 0 Å². The first-order chi connectivity index (χ1) is 22.9. The van der Waals surface area contributed by atoms with Gasteiger partial charge in [-0.05, 0) is 163 Å². The van der Waals surface area contributed by atoms with Gasteiger partial charge in [0.1, 0.15) is 0 Å². The number of hydrogen-bond acceptors (Lipinski definition) is 5. The summed E-state index contributed by atoms with van der Waals surface area (Å²) in [7, 11) is 3.52. The lowest BCUT2D eigenvalue weighted by Gasteiger charge is -2.26. The first kappa shape index (κ1) is 48.8. The quantitative estimate of drug-likeness (QED) is 0.0685. The first-order valence-corrected chi connectivity index (χ1v) is 21.0. The predicted molar refractivity (Wildman–Crippen MR) is 212 cm³/mol. The molecule has 296 valence electrons. The fraction of sp³-hybridized carbons (Fsp3) is 1.00. The zero-order valence-electron chi connectivity index (χ0n) is 35.5. The fourth-order valence-corrected chi connectivity index (χ4v) is 9.58. The van der Waals surface area contributed by atoms with E-state index in [-0.39, 0.29) is 24.8 Å². The molecule has 0 aromatic heterocycles. The summed E-state index contributed by atoms with van der Waals surface area (Å²) < 4.78 is 17.8. The molecule has 0 amide bonds. The maximum Gasteiger partial charge on any atom is 0.160 e. The van der Waals surface area contributed by atoms with Crippen molar-refractivity contribution in [3.8, 4) is 0 Å². The maximum atomic E-state index is 9.68. The van der Waals surface area contributed by atoms with Gasteiger partial charge in [-0.3, -0.25) is 0 Å². The molecule has 14 atom stereocenters. The molecule has 0 aliphatic rings. The average molecular weight is 699 g/mol. The van der Waals surface area contributed by atoms with Gasteiger partial charge in [-0.2, -0.15) is 0 Å². The first-order valence-electron chi connectivity index (χ1n) is 21.0. The fourth-order valence-electron chi connectivity index (χ4n) is 9.58. The van der Waals surface area contributed by atoms with E-state index in [2.05, 4.69) is 69.2 Å². The Bertz CT molecular complexity index is 683. The van der Waals surface area contributed by atoms with Crippen LogP contribution in [0.5, 0.6) is 0 Å². The summed E-state index contributed by atoms with van der Waals surface area (Å²) in [6.07, 6.45) is 17.7. The van der Waals surface area contributed by atoms with Crippen molar-refractivity contribution in [3.05, 3.63) is 0 Å². The van der Waals surface area contributed by atoms with Gasteiger partial charge in [-0.15, -0.1) is 0 Å². The third-order valence-electron chi connectivity index (χ3n) is 11.0. The molecule has 0 fully saturated rings. The summed E-state index contributed by atoms with van der Waals surface area (Å²) in [5.74, 6) is 7.07. The van der Waals surface area contributed by atoms with Crippen LogP contribution < -0.4 is 0 Å². The molecule has 0 bridgehead atoms. The van der Waals surface area contributed by atoms with Gasteiger partial charge in [0.15, 0.2) is 12.6 Å².